The smallest absolute Gasteiger partial charge is 0.254 e. The molecule has 6 heteroatoms. The lowest BCUT2D eigenvalue weighted by Crippen LogP contribution is -2.51. The Bertz CT molecular complexity index is 616. The van der Waals surface area contributed by atoms with E-state index in [1.165, 1.54) is 17.7 Å². The van der Waals surface area contributed by atoms with Crippen molar-refractivity contribution in [2.75, 3.05) is 32.7 Å². The van der Waals surface area contributed by atoms with Crippen molar-refractivity contribution in [2.24, 2.45) is 0 Å². The second kappa shape index (κ2) is 6.75. The third-order valence-corrected chi connectivity index (χ3v) is 4.17. The summed E-state index contributed by atoms with van der Waals surface area (Å²) in [5.74, 6) is -0.994. The molecule has 3 amide bonds. The van der Waals surface area contributed by atoms with Gasteiger partial charge in [-0.05, 0) is 5.56 Å². The Morgan fingerprint density at radius 3 is 2.13 bits per heavy atom. The van der Waals surface area contributed by atoms with Gasteiger partial charge in [-0.25, -0.2) is 0 Å². The second-order valence-electron chi connectivity index (χ2n) is 5.74. The first-order chi connectivity index (χ1) is 11.1. The van der Waals surface area contributed by atoms with E-state index in [1.54, 1.807) is 4.90 Å². The number of rotatable bonds is 4. The van der Waals surface area contributed by atoms with Gasteiger partial charge in [0, 0.05) is 44.9 Å². The highest BCUT2D eigenvalue weighted by Gasteiger charge is 2.29. The van der Waals surface area contributed by atoms with Gasteiger partial charge in [-0.2, -0.15) is 0 Å². The van der Waals surface area contributed by atoms with Crippen molar-refractivity contribution in [3.63, 3.8) is 0 Å². The molecule has 0 atom stereocenters. The van der Waals surface area contributed by atoms with Gasteiger partial charge in [-0.1, -0.05) is 30.3 Å². The van der Waals surface area contributed by atoms with Crippen LogP contribution in [0.25, 0.3) is 0 Å². The Morgan fingerprint density at radius 1 is 0.913 bits per heavy atom. The summed E-state index contributed by atoms with van der Waals surface area (Å²) in [6.45, 7) is 3.53. The SMILES string of the molecule is O=C(CN1C(=O)C=CC1=O)N1CCN(Cc2ccccc2)CC1. The van der Waals surface area contributed by atoms with Crippen molar-refractivity contribution in [3.05, 3.63) is 48.0 Å². The molecular weight excluding hydrogens is 294 g/mol. The second-order valence-corrected chi connectivity index (χ2v) is 5.74. The summed E-state index contributed by atoms with van der Waals surface area (Å²) in [7, 11) is 0. The molecule has 1 fully saturated rings. The summed E-state index contributed by atoms with van der Waals surface area (Å²) >= 11 is 0. The highest BCUT2D eigenvalue weighted by Crippen LogP contribution is 2.10. The summed E-state index contributed by atoms with van der Waals surface area (Å²) in [4.78, 5) is 40.2. The van der Waals surface area contributed by atoms with Crippen molar-refractivity contribution in [1.82, 2.24) is 14.7 Å². The van der Waals surface area contributed by atoms with Crippen molar-refractivity contribution in [3.8, 4) is 0 Å². The number of benzene rings is 1. The largest absolute Gasteiger partial charge is 0.339 e. The zero-order valence-corrected chi connectivity index (χ0v) is 12.9. The van der Waals surface area contributed by atoms with Crippen LogP contribution < -0.4 is 0 Å². The summed E-state index contributed by atoms with van der Waals surface area (Å²) < 4.78 is 0. The average molecular weight is 313 g/mol. The van der Waals surface area contributed by atoms with Crippen molar-refractivity contribution >= 4 is 17.7 Å². The first kappa shape index (κ1) is 15.4. The normalized spacial score (nSPS) is 18.8. The number of carbonyl (C=O) groups is 3. The average Bonchev–Trinajstić information content (AvgIpc) is 2.88. The number of nitrogens with zero attached hydrogens (tertiary/aromatic N) is 3. The molecule has 0 unspecified atom stereocenters. The van der Waals surface area contributed by atoms with Crippen LogP contribution in [0.1, 0.15) is 5.56 Å². The van der Waals surface area contributed by atoms with Crippen LogP contribution in [0.5, 0.6) is 0 Å². The first-order valence-electron chi connectivity index (χ1n) is 7.71. The molecule has 2 heterocycles. The predicted octanol–water partition coefficient (Wildman–Crippen LogP) is 0.256. The number of imide groups is 1. The molecule has 120 valence electrons. The van der Waals surface area contributed by atoms with Gasteiger partial charge in [0.2, 0.25) is 5.91 Å². The van der Waals surface area contributed by atoms with E-state index >= 15 is 0 Å². The number of piperazine rings is 1. The fraction of sp³-hybridized carbons (Fsp3) is 0.353. The van der Waals surface area contributed by atoms with Crippen molar-refractivity contribution < 1.29 is 14.4 Å². The van der Waals surface area contributed by atoms with E-state index in [0.717, 1.165) is 24.5 Å². The third-order valence-electron chi connectivity index (χ3n) is 4.17. The number of hydrogen-bond donors (Lipinski definition) is 0. The fourth-order valence-electron chi connectivity index (χ4n) is 2.82. The first-order valence-corrected chi connectivity index (χ1v) is 7.71. The highest BCUT2D eigenvalue weighted by molar-refractivity contribution is 6.14. The molecular formula is C17H19N3O3. The van der Waals surface area contributed by atoms with E-state index in [9.17, 15) is 14.4 Å². The molecule has 0 saturated carbocycles. The van der Waals surface area contributed by atoms with Crippen LogP contribution in [-0.4, -0.2) is 65.1 Å². The van der Waals surface area contributed by atoms with Crippen LogP contribution in [0.2, 0.25) is 0 Å². The van der Waals surface area contributed by atoms with Crippen LogP contribution in [0.15, 0.2) is 42.5 Å². The Kier molecular flexibility index (Phi) is 4.52. The lowest BCUT2D eigenvalue weighted by atomic mass is 10.2. The van der Waals surface area contributed by atoms with Crippen LogP contribution in [0.4, 0.5) is 0 Å². The van der Waals surface area contributed by atoms with Gasteiger partial charge < -0.3 is 4.90 Å². The zero-order valence-electron chi connectivity index (χ0n) is 12.9. The maximum Gasteiger partial charge on any atom is 0.254 e. The van der Waals surface area contributed by atoms with Gasteiger partial charge in [-0.3, -0.25) is 24.2 Å². The van der Waals surface area contributed by atoms with E-state index < -0.39 is 11.8 Å². The Balaban J connectivity index is 1.48. The monoisotopic (exact) mass is 313 g/mol. The van der Waals surface area contributed by atoms with E-state index in [-0.39, 0.29) is 12.5 Å². The van der Waals surface area contributed by atoms with E-state index in [0.29, 0.717) is 13.1 Å². The van der Waals surface area contributed by atoms with E-state index in [4.69, 9.17) is 0 Å². The molecule has 0 aromatic heterocycles. The molecule has 2 aliphatic rings. The molecule has 0 aliphatic carbocycles. The Hall–Kier alpha value is -2.47. The van der Waals surface area contributed by atoms with Crippen molar-refractivity contribution in [2.45, 2.75) is 6.54 Å². The number of hydrogen-bond acceptors (Lipinski definition) is 4. The van der Waals surface area contributed by atoms with Crippen LogP contribution in [0, 0.1) is 0 Å². The highest BCUT2D eigenvalue weighted by atomic mass is 16.2. The molecule has 0 radical (unpaired) electrons. The molecule has 6 nitrogen and oxygen atoms in total. The number of amides is 3. The molecule has 1 aromatic rings. The Morgan fingerprint density at radius 2 is 1.52 bits per heavy atom. The molecule has 2 aliphatic heterocycles. The Labute approximate surface area is 135 Å². The van der Waals surface area contributed by atoms with Gasteiger partial charge in [0.05, 0.1) is 0 Å². The third kappa shape index (κ3) is 3.65. The van der Waals surface area contributed by atoms with Gasteiger partial charge in [0.25, 0.3) is 11.8 Å². The molecule has 0 spiro atoms. The standard InChI is InChI=1S/C17H19N3O3/c21-15-6-7-16(22)20(15)13-17(23)19-10-8-18(9-11-19)12-14-4-2-1-3-5-14/h1-7H,8-13H2. The molecule has 0 N–H and O–H groups in total. The topological polar surface area (TPSA) is 60.9 Å². The minimum absolute atomic E-state index is 0.163. The summed E-state index contributed by atoms with van der Waals surface area (Å²) in [5.41, 5.74) is 1.26. The molecule has 3 rings (SSSR count). The molecule has 0 bridgehead atoms. The van der Waals surface area contributed by atoms with Gasteiger partial charge in [-0.15, -0.1) is 0 Å². The predicted molar refractivity (Wildman–Crippen MR) is 84.2 cm³/mol. The van der Waals surface area contributed by atoms with Crippen LogP contribution in [-0.2, 0) is 20.9 Å². The zero-order chi connectivity index (χ0) is 16.2. The molecule has 1 aromatic carbocycles. The summed E-state index contributed by atoms with van der Waals surface area (Å²) in [5, 5.41) is 0. The summed E-state index contributed by atoms with van der Waals surface area (Å²) in [6, 6.07) is 10.2. The molecule has 1 saturated heterocycles. The van der Waals surface area contributed by atoms with Crippen LogP contribution in [0.3, 0.4) is 0 Å². The quantitative estimate of drug-likeness (QED) is 0.748. The van der Waals surface area contributed by atoms with Gasteiger partial charge in [0.1, 0.15) is 6.54 Å². The van der Waals surface area contributed by atoms with E-state index in [2.05, 4.69) is 17.0 Å². The lowest BCUT2D eigenvalue weighted by Gasteiger charge is -2.35. The minimum atomic E-state index is -0.411. The maximum atomic E-state index is 12.2. The van der Waals surface area contributed by atoms with E-state index in [1.807, 2.05) is 18.2 Å². The number of carbonyl (C=O) groups excluding carboxylic acids is 3. The fourth-order valence-corrected chi connectivity index (χ4v) is 2.82. The van der Waals surface area contributed by atoms with Crippen LogP contribution >= 0.6 is 0 Å². The lowest BCUT2D eigenvalue weighted by molar-refractivity contribution is -0.145. The van der Waals surface area contributed by atoms with Gasteiger partial charge in [0.15, 0.2) is 0 Å². The van der Waals surface area contributed by atoms with Crippen molar-refractivity contribution in [1.29, 1.82) is 0 Å². The minimum Gasteiger partial charge on any atom is -0.339 e. The summed E-state index contributed by atoms with van der Waals surface area (Å²) in [6.07, 6.45) is 2.40. The molecule has 23 heavy (non-hydrogen) atoms. The maximum absolute atomic E-state index is 12.2. The van der Waals surface area contributed by atoms with Gasteiger partial charge >= 0.3 is 0 Å².